The molecule has 0 aliphatic rings. The van der Waals surface area contributed by atoms with Gasteiger partial charge in [-0.2, -0.15) is 5.26 Å². The Labute approximate surface area is 153 Å². The highest BCUT2D eigenvalue weighted by Crippen LogP contribution is 2.22. The minimum atomic E-state index is -1.06. The Kier molecular flexibility index (Phi) is 6.47. The summed E-state index contributed by atoms with van der Waals surface area (Å²) in [5, 5.41) is 13.5. The van der Waals surface area contributed by atoms with E-state index in [1.54, 1.807) is 17.5 Å². The Hall–Kier alpha value is -3.18. The number of nitrogens with zero attached hydrogens (tertiary/aromatic N) is 1. The molecule has 1 aromatic carbocycles. The number of amides is 1. The third-order valence-electron chi connectivity index (χ3n) is 3.27. The molecule has 0 saturated carbocycles. The average Bonchev–Trinajstić information content (AvgIpc) is 3.07. The standard InChI is InChI=1S/C18H15FN2O4S/c1-11(17(23)21-18-13(10-20)7-8-26-18)25-16(22)6-4-12-3-5-15(24-2)14(19)9-12/h3-9,11H,1-2H3,(H,21,23)/b6-4+/t11-/m0/s1. The van der Waals surface area contributed by atoms with E-state index in [2.05, 4.69) is 5.32 Å². The lowest BCUT2D eigenvalue weighted by Gasteiger charge is -2.11. The monoisotopic (exact) mass is 374 g/mol. The van der Waals surface area contributed by atoms with E-state index in [-0.39, 0.29) is 5.75 Å². The van der Waals surface area contributed by atoms with Gasteiger partial charge in [-0.3, -0.25) is 4.79 Å². The molecule has 2 aromatic rings. The number of rotatable bonds is 6. The second-order valence-electron chi connectivity index (χ2n) is 5.07. The molecule has 0 aliphatic carbocycles. The number of carbonyl (C=O) groups excluding carboxylic acids is 2. The molecule has 0 bridgehead atoms. The molecule has 0 spiro atoms. The van der Waals surface area contributed by atoms with Crippen molar-refractivity contribution >= 4 is 34.3 Å². The fourth-order valence-corrected chi connectivity index (χ4v) is 2.67. The summed E-state index contributed by atoms with van der Waals surface area (Å²) in [6.07, 6.45) is 1.40. The molecule has 8 heteroatoms. The van der Waals surface area contributed by atoms with Crippen molar-refractivity contribution in [1.82, 2.24) is 0 Å². The number of methoxy groups -OCH3 is 1. The first kappa shape index (κ1) is 19.1. The van der Waals surface area contributed by atoms with Gasteiger partial charge in [0.1, 0.15) is 11.1 Å². The van der Waals surface area contributed by atoms with Crippen LogP contribution in [0.1, 0.15) is 18.1 Å². The summed E-state index contributed by atoms with van der Waals surface area (Å²) in [5.41, 5.74) is 0.776. The summed E-state index contributed by atoms with van der Waals surface area (Å²) < 4.78 is 23.4. The van der Waals surface area contributed by atoms with Crippen molar-refractivity contribution in [3.63, 3.8) is 0 Å². The molecule has 1 aromatic heterocycles. The van der Waals surface area contributed by atoms with E-state index < -0.39 is 23.8 Å². The van der Waals surface area contributed by atoms with Crippen LogP contribution in [0.2, 0.25) is 0 Å². The number of thiophene rings is 1. The Balaban J connectivity index is 1.93. The van der Waals surface area contributed by atoms with E-state index in [1.807, 2.05) is 6.07 Å². The normalized spacial score (nSPS) is 11.6. The largest absolute Gasteiger partial charge is 0.494 e. The van der Waals surface area contributed by atoms with Gasteiger partial charge in [0.25, 0.3) is 5.91 Å². The first-order chi connectivity index (χ1) is 12.4. The Morgan fingerprint density at radius 3 is 2.81 bits per heavy atom. The van der Waals surface area contributed by atoms with Crippen molar-refractivity contribution in [3.05, 3.63) is 52.7 Å². The summed E-state index contributed by atoms with van der Waals surface area (Å²) in [4.78, 5) is 23.8. The summed E-state index contributed by atoms with van der Waals surface area (Å²) in [6.45, 7) is 1.41. The van der Waals surface area contributed by atoms with Crippen LogP contribution in [-0.4, -0.2) is 25.1 Å². The number of carbonyl (C=O) groups is 2. The van der Waals surface area contributed by atoms with Crippen LogP contribution in [0.5, 0.6) is 5.75 Å². The zero-order valence-electron chi connectivity index (χ0n) is 14.0. The van der Waals surface area contributed by atoms with Crippen LogP contribution in [-0.2, 0) is 14.3 Å². The van der Waals surface area contributed by atoms with E-state index in [0.717, 1.165) is 6.08 Å². The molecule has 0 unspecified atom stereocenters. The fraction of sp³-hybridized carbons (Fsp3) is 0.167. The molecule has 1 amide bonds. The van der Waals surface area contributed by atoms with Crippen LogP contribution in [0.3, 0.4) is 0 Å². The van der Waals surface area contributed by atoms with Crippen molar-refractivity contribution < 1.29 is 23.5 Å². The number of ether oxygens (including phenoxy) is 2. The third-order valence-corrected chi connectivity index (χ3v) is 4.10. The molecule has 6 nitrogen and oxygen atoms in total. The maximum Gasteiger partial charge on any atom is 0.331 e. The van der Waals surface area contributed by atoms with Gasteiger partial charge < -0.3 is 14.8 Å². The maximum absolute atomic E-state index is 13.6. The lowest BCUT2D eigenvalue weighted by atomic mass is 10.2. The SMILES string of the molecule is COc1ccc(/C=C/C(=O)O[C@@H](C)C(=O)Nc2sccc2C#N)cc1F. The highest BCUT2D eigenvalue weighted by atomic mass is 32.1. The molecular formula is C18H15FN2O4S. The smallest absolute Gasteiger partial charge is 0.331 e. The molecule has 0 saturated heterocycles. The molecule has 134 valence electrons. The van der Waals surface area contributed by atoms with Crippen molar-refractivity contribution in [2.24, 2.45) is 0 Å². The molecule has 1 atom stereocenters. The van der Waals surface area contributed by atoms with Gasteiger partial charge in [0.05, 0.1) is 12.7 Å². The van der Waals surface area contributed by atoms with Crippen LogP contribution >= 0.6 is 11.3 Å². The summed E-state index contributed by atoms with van der Waals surface area (Å²) >= 11 is 1.20. The Bertz CT molecular complexity index is 886. The minimum absolute atomic E-state index is 0.0975. The van der Waals surface area contributed by atoms with Crippen molar-refractivity contribution in [2.75, 3.05) is 12.4 Å². The highest BCUT2D eigenvalue weighted by Gasteiger charge is 2.18. The van der Waals surface area contributed by atoms with Gasteiger partial charge >= 0.3 is 5.97 Å². The highest BCUT2D eigenvalue weighted by molar-refractivity contribution is 7.14. The Morgan fingerprint density at radius 1 is 1.38 bits per heavy atom. The van der Waals surface area contributed by atoms with Gasteiger partial charge in [0.2, 0.25) is 0 Å². The molecular weight excluding hydrogens is 359 g/mol. The predicted molar refractivity (Wildman–Crippen MR) is 95.2 cm³/mol. The van der Waals surface area contributed by atoms with Crippen LogP contribution in [0.25, 0.3) is 6.08 Å². The number of nitrogens with one attached hydrogen (secondary N) is 1. The second-order valence-corrected chi connectivity index (χ2v) is 5.99. The fourth-order valence-electron chi connectivity index (χ4n) is 1.93. The number of hydrogen-bond acceptors (Lipinski definition) is 6. The lowest BCUT2D eigenvalue weighted by molar-refractivity contribution is -0.148. The summed E-state index contributed by atoms with van der Waals surface area (Å²) in [5.74, 6) is -1.77. The van der Waals surface area contributed by atoms with Crippen LogP contribution in [0.15, 0.2) is 35.7 Å². The predicted octanol–water partition coefficient (Wildman–Crippen LogP) is 3.35. The molecule has 1 heterocycles. The lowest BCUT2D eigenvalue weighted by Crippen LogP contribution is -2.29. The number of halogens is 1. The van der Waals surface area contributed by atoms with Crippen LogP contribution in [0.4, 0.5) is 9.39 Å². The Morgan fingerprint density at radius 2 is 2.15 bits per heavy atom. The van der Waals surface area contributed by atoms with E-state index in [0.29, 0.717) is 16.1 Å². The number of hydrogen-bond donors (Lipinski definition) is 1. The second kappa shape index (κ2) is 8.78. The zero-order chi connectivity index (χ0) is 19.1. The van der Waals surface area contributed by atoms with Crippen molar-refractivity contribution in [3.8, 4) is 11.8 Å². The number of benzene rings is 1. The zero-order valence-corrected chi connectivity index (χ0v) is 14.8. The topological polar surface area (TPSA) is 88.4 Å². The molecule has 0 aliphatic heterocycles. The molecule has 1 N–H and O–H groups in total. The van der Waals surface area contributed by atoms with Gasteiger partial charge in [0.15, 0.2) is 17.7 Å². The first-order valence-corrected chi connectivity index (χ1v) is 8.33. The van der Waals surface area contributed by atoms with E-state index in [4.69, 9.17) is 14.7 Å². The quantitative estimate of drug-likeness (QED) is 0.619. The van der Waals surface area contributed by atoms with Gasteiger partial charge in [-0.25, -0.2) is 9.18 Å². The summed E-state index contributed by atoms with van der Waals surface area (Å²) in [7, 11) is 1.35. The number of anilines is 1. The minimum Gasteiger partial charge on any atom is -0.494 e. The number of esters is 1. The van der Waals surface area contributed by atoms with Gasteiger partial charge in [-0.1, -0.05) is 6.07 Å². The summed E-state index contributed by atoms with van der Waals surface area (Å²) in [6, 6.07) is 7.74. The van der Waals surface area contributed by atoms with Crippen molar-refractivity contribution in [1.29, 1.82) is 5.26 Å². The van der Waals surface area contributed by atoms with Gasteiger partial charge in [-0.05, 0) is 42.1 Å². The molecule has 26 heavy (non-hydrogen) atoms. The van der Waals surface area contributed by atoms with Gasteiger partial charge in [-0.15, -0.1) is 11.3 Å². The van der Waals surface area contributed by atoms with E-state index in [1.165, 1.54) is 43.6 Å². The van der Waals surface area contributed by atoms with E-state index in [9.17, 15) is 14.0 Å². The van der Waals surface area contributed by atoms with Crippen molar-refractivity contribution in [2.45, 2.75) is 13.0 Å². The van der Waals surface area contributed by atoms with Gasteiger partial charge in [0, 0.05) is 6.08 Å². The molecule has 0 radical (unpaired) electrons. The first-order valence-electron chi connectivity index (χ1n) is 7.45. The molecule has 0 fully saturated rings. The van der Waals surface area contributed by atoms with Crippen LogP contribution in [0, 0.1) is 17.1 Å². The van der Waals surface area contributed by atoms with E-state index >= 15 is 0 Å². The third kappa shape index (κ3) is 4.91. The maximum atomic E-state index is 13.6. The van der Waals surface area contributed by atoms with Crippen LogP contribution < -0.4 is 10.1 Å². The number of nitriles is 1. The molecule has 2 rings (SSSR count). The average molecular weight is 374 g/mol.